The van der Waals surface area contributed by atoms with Crippen molar-refractivity contribution in [3.63, 3.8) is 0 Å². The minimum atomic E-state index is -0.388. The van der Waals surface area contributed by atoms with Crippen LogP contribution in [-0.2, 0) is 9.53 Å². The topological polar surface area (TPSA) is 72.9 Å². The zero-order valence-corrected chi connectivity index (χ0v) is 15.9. The Morgan fingerprint density at radius 1 is 1.11 bits per heavy atom. The first-order valence-electron chi connectivity index (χ1n) is 8.75. The molecule has 142 valence electrons. The zero-order chi connectivity index (χ0) is 19.2. The summed E-state index contributed by atoms with van der Waals surface area (Å²) in [4.78, 5) is 39.4. The third-order valence-corrected chi connectivity index (χ3v) is 5.46. The van der Waals surface area contributed by atoms with Crippen LogP contribution in [0, 0.1) is 5.92 Å². The average molecular weight is 387 g/mol. The molecule has 0 unspecified atom stereocenters. The van der Waals surface area contributed by atoms with Crippen LogP contribution in [0.15, 0.2) is 41.8 Å². The van der Waals surface area contributed by atoms with Gasteiger partial charge in [0.05, 0.1) is 23.5 Å². The van der Waals surface area contributed by atoms with E-state index in [4.69, 9.17) is 9.47 Å². The molecule has 0 atom stereocenters. The molecular formula is C20H21NO5S. The van der Waals surface area contributed by atoms with Gasteiger partial charge < -0.3 is 14.4 Å². The van der Waals surface area contributed by atoms with Crippen LogP contribution in [0.4, 0.5) is 0 Å². The van der Waals surface area contributed by atoms with Gasteiger partial charge in [-0.1, -0.05) is 18.2 Å². The summed E-state index contributed by atoms with van der Waals surface area (Å²) >= 11 is 1.41. The summed E-state index contributed by atoms with van der Waals surface area (Å²) in [7, 11) is 1.49. The second-order valence-electron chi connectivity index (χ2n) is 6.27. The summed E-state index contributed by atoms with van der Waals surface area (Å²) in [6, 6.07) is 10.5. The van der Waals surface area contributed by atoms with Crippen molar-refractivity contribution in [2.24, 2.45) is 5.92 Å². The molecule has 1 fully saturated rings. The molecule has 0 spiro atoms. The van der Waals surface area contributed by atoms with E-state index in [0.717, 1.165) is 0 Å². The molecule has 6 nitrogen and oxygen atoms in total. The van der Waals surface area contributed by atoms with E-state index in [-0.39, 0.29) is 30.2 Å². The normalized spacial score (nSPS) is 14.6. The number of ether oxygens (including phenoxy) is 2. The number of benzene rings is 1. The number of thiophene rings is 1. The molecule has 0 aliphatic carbocycles. The van der Waals surface area contributed by atoms with E-state index in [2.05, 4.69) is 0 Å². The standard InChI is InChI=1S/C20H21NO5S/c1-25-17-6-3-2-5-15(17)16(22)13-26-20(24)14-8-10-21(11-9-14)19(23)18-7-4-12-27-18/h2-7,12,14H,8-11,13H2,1H3. The highest BCUT2D eigenvalue weighted by Gasteiger charge is 2.29. The van der Waals surface area contributed by atoms with Gasteiger partial charge in [-0.05, 0) is 36.4 Å². The number of hydrogen-bond donors (Lipinski definition) is 0. The van der Waals surface area contributed by atoms with Crippen LogP contribution in [0.1, 0.15) is 32.9 Å². The van der Waals surface area contributed by atoms with Gasteiger partial charge in [0, 0.05) is 13.1 Å². The smallest absolute Gasteiger partial charge is 0.309 e. The summed E-state index contributed by atoms with van der Waals surface area (Å²) in [5.74, 6) is -0.516. The van der Waals surface area contributed by atoms with Gasteiger partial charge in [0.25, 0.3) is 5.91 Å². The lowest BCUT2D eigenvalue weighted by Crippen LogP contribution is -2.40. The molecule has 1 saturated heterocycles. The zero-order valence-electron chi connectivity index (χ0n) is 15.1. The Morgan fingerprint density at radius 2 is 1.85 bits per heavy atom. The Balaban J connectivity index is 1.48. The maximum Gasteiger partial charge on any atom is 0.309 e. The van der Waals surface area contributed by atoms with Gasteiger partial charge in [-0.3, -0.25) is 14.4 Å². The lowest BCUT2D eigenvalue weighted by atomic mass is 9.97. The SMILES string of the molecule is COc1ccccc1C(=O)COC(=O)C1CCN(C(=O)c2cccs2)CC1. The van der Waals surface area contributed by atoms with Crippen molar-refractivity contribution in [2.45, 2.75) is 12.8 Å². The van der Waals surface area contributed by atoms with Gasteiger partial charge in [-0.2, -0.15) is 0 Å². The van der Waals surface area contributed by atoms with E-state index in [1.807, 2.05) is 11.4 Å². The lowest BCUT2D eigenvalue weighted by molar-refractivity contribution is -0.148. The van der Waals surface area contributed by atoms with E-state index >= 15 is 0 Å². The molecule has 1 aromatic heterocycles. The van der Waals surface area contributed by atoms with Crippen LogP contribution in [0.25, 0.3) is 0 Å². The number of methoxy groups -OCH3 is 1. The number of ketones is 1. The third kappa shape index (κ3) is 4.54. The summed E-state index contributed by atoms with van der Waals surface area (Å²) in [6.07, 6.45) is 1.08. The molecule has 0 N–H and O–H groups in total. The largest absolute Gasteiger partial charge is 0.496 e. The number of nitrogens with zero attached hydrogens (tertiary/aromatic N) is 1. The van der Waals surface area contributed by atoms with Gasteiger partial charge in [0.1, 0.15) is 5.75 Å². The van der Waals surface area contributed by atoms with E-state index in [1.54, 1.807) is 35.2 Å². The number of esters is 1. The molecule has 2 aromatic rings. The summed E-state index contributed by atoms with van der Waals surface area (Å²) in [6.45, 7) is 0.710. The van der Waals surface area contributed by atoms with E-state index in [9.17, 15) is 14.4 Å². The van der Waals surface area contributed by atoms with Crippen molar-refractivity contribution in [2.75, 3.05) is 26.8 Å². The number of amides is 1. The van der Waals surface area contributed by atoms with E-state index < -0.39 is 0 Å². The van der Waals surface area contributed by atoms with Crippen LogP contribution in [-0.4, -0.2) is 49.4 Å². The van der Waals surface area contributed by atoms with Crippen molar-refractivity contribution in [3.8, 4) is 5.75 Å². The maximum atomic E-state index is 12.3. The van der Waals surface area contributed by atoms with Gasteiger partial charge in [0.15, 0.2) is 6.61 Å². The number of piperidine rings is 1. The van der Waals surface area contributed by atoms with Crippen LogP contribution in [0.5, 0.6) is 5.75 Å². The van der Waals surface area contributed by atoms with Gasteiger partial charge in [-0.15, -0.1) is 11.3 Å². The first-order valence-corrected chi connectivity index (χ1v) is 9.63. The van der Waals surface area contributed by atoms with Crippen LogP contribution in [0.2, 0.25) is 0 Å². The predicted octanol–water partition coefficient (Wildman–Crippen LogP) is 3.04. The van der Waals surface area contributed by atoms with E-state index in [0.29, 0.717) is 42.1 Å². The Labute approximate surface area is 161 Å². The van der Waals surface area contributed by atoms with Crippen molar-refractivity contribution in [1.29, 1.82) is 0 Å². The molecule has 1 aliphatic heterocycles. The Morgan fingerprint density at radius 3 is 2.52 bits per heavy atom. The summed E-state index contributed by atoms with van der Waals surface area (Å²) < 4.78 is 10.4. The Kier molecular flexibility index (Phi) is 6.24. The van der Waals surface area contributed by atoms with Crippen molar-refractivity contribution in [1.82, 2.24) is 4.90 Å². The van der Waals surface area contributed by atoms with Crippen LogP contribution >= 0.6 is 11.3 Å². The van der Waals surface area contributed by atoms with Crippen molar-refractivity contribution < 1.29 is 23.9 Å². The van der Waals surface area contributed by atoms with Crippen molar-refractivity contribution >= 4 is 29.0 Å². The Bertz CT molecular complexity index is 810. The average Bonchev–Trinajstić information content (AvgIpc) is 3.26. The number of para-hydroxylation sites is 1. The molecule has 7 heteroatoms. The number of carbonyl (C=O) groups is 3. The molecule has 1 aromatic carbocycles. The number of rotatable bonds is 6. The number of Topliss-reactive ketones (excluding diaryl/α,β-unsaturated/α-hetero) is 1. The highest BCUT2D eigenvalue weighted by atomic mass is 32.1. The molecule has 3 rings (SSSR count). The van der Waals surface area contributed by atoms with Crippen LogP contribution in [0.3, 0.4) is 0 Å². The molecule has 1 amide bonds. The first kappa shape index (κ1) is 19.1. The van der Waals surface area contributed by atoms with Gasteiger partial charge >= 0.3 is 5.97 Å². The Hall–Kier alpha value is -2.67. The van der Waals surface area contributed by atoms with Gasteiger partial charge in [-0.25, -0.2) is 0 Å². The molecule has 1 aliphatic rings. The highest BCUT2D eigenvalue weighted by Crippen LogP contribution is 2.22. The summed E-state index contributed by atoms with van der Waals surface area (Å²) in [5.41, 5.74) is 0.393. The molecule has 0 saturated carbocycles. The minimum absolute atomic E-state index is 0.00293. The minimum Gasteiger partial charge on any atom is -0.496 e. The molecule has 0 bridgehead atoms. The first-order chi connectivity index (χ1) is 13.1. The van der Waals surface area contributed by atoms with Crippen molar-refractivity contribution in [3.05, 3.63) is 52.2 Å². The number of likely N-dealkylation sites (tertiary alicyclic amines) is 1. The van der Waals surface area contributed by atoms with Crippen LogP contribution < -0.4 is 4.74 Å². The second-order valence-corrected chi connectivity index (χ2v) is 7.22. The molecular weight excluding hydrogens is 366 g/mol. The fourth-order valence-electron chi connectivity index (χ4n) is 3.08. The third-order valence-electron chi connectivity index (χ3n) is 4.60. The second kappa shape index (κ2) is 8.81. The molecule has 0 radical (unpaired) electrons. The fraction of sp³-hybridized carbons (Fsp3) is 0.350. The molecule has 2 heterocycles. The fourth-order valence-corrected chi connectivity index (χ4v) is 3.77. The highest BCUT2D eigenvalue weighted by molar-refractivity contribution is 7.12. The quantitative estimate of drug-likeness (QED) is 0.563. The van der Waals surface area contributed by atoms with E-state index in [1.165, 1.54) is 18.4 Å². The maximum absolute atomic E-state index is 12.3. The molecule has 27 heavy (non-hydrogen) atoms. The lowest BCUT2D eigenvalue weighted by Gasteiger charge is -2.30. The number of carbonyl (C=O) groups excluding carboxylic acids is 3. The monoisotopic (exact) mass is 387 g/mol. The predicted molar refractivity (Wildman–Crippen MR) is 101 cm³/mol. The van der Waals surface area contributed by atoms with Gasteiger partial charge in [0.2, 0.25) is 5.78 Å². The number of hydrogen-bond acceptors (Lipinski definition) is 6. The summed E-state index contributed by atoms with van der Waals surface area (Å²) in [5, 5.41) is 1.87.